The van der Waals surface area contributed by atoms with Crippen LogP contribution in [-0.2, 0) is 5.41 Å². The normalized spacial score (nSPS) is 14.7. The zero-order valence-corrected chi connectivity index (χ0v) is 18.1. The van der Waals surface area contributed by atoms with Crippen molar-refractivity contribution < 1.29 is 0 Å². The molecule has 0 spiro atoms. The number of fused-ring (bicyclic) bond motifs is 3. The Kier molecular flexibility index (Phi) is 6.08. The molecule has 0 N–H and O–H groups in total. The van der Waals surface area contributed by atoms with Gasteiger partial charge in [-0.25, -0.2) is 0 Å². The molecule has 0 bridgehead atoms. The minimum atomic E-state index is 0.161. The SMILES string of the molecule is Cc1ccc2c(c1)C(CCCN(C)C)(CCCN(C)C)c1cc(C)ccc1-2. The van der Waals surface area contributed by atoms with E-state index in [1.807, 2.05) is 0 Å². The smallest absolute Gasteiger partial charge is 0.0216 e. The van der Waals surface area contributed by atoms with E-state index in [-0.39, 0.29) is 5.41 Å². The molecule has 1 aliphatic carbocycles. The Hall–Kier alpha value is -1.64. The second kappa shape index (κ2) is 8.16. The van der Waals surface area contributed by atoms with Crippen molar-refractivity contribution in [2.45, 2.75) is 44.9 Å². The van der Waals surface area contributed by atoms with Gasteiger partial charge in [0, 0.05) is 5.41 Å². The van der Waals surface area contributed by atoms with E-state index in [1.54, 1.807) is 11.1 Å². The molecule has 0 amide bonds. The number of aryl methyl sites for hydroxylation is 2. The van der Waals surface area contributed by atoms with E-state index < -0.39 is 0 Å². The molecule has 2 heteroatoms. The molecule has 0 atom stereocenters. The van der Waals surface area contributed by atoms with Crippen LogP contribution in [0.1, 0.15) is 47.9 Å². The van der Waals surface area contributed by atoms with Gasteiger partial charge in [-0.3, -0.25) is 0 Å². The van der Waals surface area contributed by atoms with Crippen LogP contribution >= 0.6 is 0 Å². The van der Waals surface area contributed by atoms with Gasteiger partial charge in [0.25, 0.3) is 0 Å². The predicted molar refractivity (Wildman–Crippen MR) is 118 cm³/mol. The molecule has 0 unspecified atom stereocenters. The highest BCUT2D eigenvalue weighted by atomic mass is 15.1. The highest BCUT2D eigenvalue weighted by Gasteiger charge is 2.42. The van der Waals surface area contributed by atoms with Crippen molar-refractivity contribution in [2.24, 2.45) is 0 Å². The first-order valence-electron chi connectivity index (χ1n) is 10.4. The van der Waals surface area contributed by atoms with Crippen molar-refractivity contribution in [3.05, 3.63) is 58.7 Å². The largest absolute Gasteiger partial charge is 0.309 e. The molecule has 27 heavy (non-hydrogen) atoms. The van der Waals surface area contributed by atoms with Gasteiger partial charge in [-0.15, -0.1) is 0 Å². The first-order chi connectivity index (χ1) is 12.8. The zero-order valence-electron chi connectivity index (χ0n) is 18.1. The van der Waals surface area contributed by atoms with Gasteiger partial charge in [-0.1, -0.05) is 47.5 Å². The standard InChI is InChI=1S/C25H36N2/c1-19-9-11-21-22-12-10-20(2)18-24(22)25(23(21)17-19,13-7-15-26(3)4)14-8-16-27(5)6/h9-12,17-18H,7-8,13-16H2,1-6H3. The lowest BCUT2D eigenvalue weighted by Crippen LogP contribution is -2.29. The van der Waals surface area contributed by atoms with Crippen LogP contribution in [0.4, 0.5) is 0 Å². The Morgan fingerprint density at radius 2 is 1.07 bits per heavy atom. The van der Waals surface area contributed by atoms with Crippen LogP contribution in [0, 0.1) is 13.8 Å². The van der Waals surface area contributed by atoms with Crippen LogP contribution < -0.4 is 0 Å². The predicted octanol–water partition coefficient (Wildman–Crippen LogP) is 5.25. The van der Waals surface area contributed by atoms with Crippen molar-refractivity contribution in [1.82, 2.24) is 9.80 Å². The van der Waals surface area contributed by atoms with E-state index in [0.29, 0.717) is 0 Å². The fourth-order valence-corrected chi connectivity index (χ4v) is 4.78. The van der Waals surface area contributed by atoms with Gasteiger partial charge in [0.05, 0.1) is 0 Å². The zero-order chi connectivity index (χ0) is 19.6. The highest BCUT2D eigenvalue weighted by Crippen LogP contribution is 2.54. The van der Waals surface area contributed by atoms with Crippen molar-refractivity contribution in [3.8, 4) is 11.1 Å². The summed E-state index contributed by atoms with van der Waals surface area (Å²) in [4.78, 5) is 4.63. The summed E-state index contributed by atoms with van der Waals surface area (Å²) in [5, 5.41) is 0. The third-order valence-corrected chi connectivity index (χ3v) is 6.09. The molecule has 1 aliphatic rings. The van der Waals surface area contributed by atoms with Crippen molar-refractivity contribution in [2.75, 3.05) is 41.3 Å². The maximum Gasteiger partial charge on any atom is 0.0216 e. The molecule has 3 rings (SSSR count). The fourth-order valence-electron chi connectivity index (χ4n) is 4.78. The summed E-state index contributed by atoms with van der Waals surface area (Å²) in [6, 6.07) is 14.2. The van der Waals surface area contributed by atoms with Crippen LogP contribution in [0.25, 0.3) is 11.1 Å². The summed E-state index contributed by atoms with van der Waals surface area (Å²) in [5.74, 6) is 0. The summed E-state index contributed by atoms with van der Waals surface area (Å²) < 4.78 is 0. The molecule has 2 aromatic rings. The second-order valence-electron chi connectivity index (χ2n) is 8.99. The van der Waals surface area contributed by atoms with Gasteiger partial charge < -0.3 is 9.80 Å². The fraction of sp³-hybridized carbons (Fsp3) is 0.520. The molecule has 0 heterocycles. The van der Waals surface area contributed by atoms with Gasteiger partial charge in [0.15, 0.2) is 0 Å². The number of nitrogens with zero attached hydrogens (tertiary/aromatic N) is 2. The van der Waals surface area contributed by atoms with E-state index in [0.717, 1.165) is 13.1 Å². The lowest BCUT2D eigenvalue weighted by Gasteiger charge is -2.34. The Labute approximate surface area is 166 Å². The Morgan fingerprint density at radius 3 is 1.44 bits per heavy atom. The van der Waals surface area contributed by atoms with E-state index in [1.165, 1.54) is 47.9 Å². The number of rotatable bonds is 8. The molecule has 0 saturated heterocycles. The molecular formula is C25H36N2. The third-order valence-electron chi connectivity index (χ3n) is 6.09. The molecule has 2 nitrogen and oxygen atoms in total. The molecule has 0 aromatic heterocycles. The summed E-state index contributed by atoms with van der Waals surface area (Å²) in [5.41, 5.74) is 8.98. The van der Waals surface area contributed by atoms with E-state index in [2.05, 4.69) is 88.2 Å². The maximum absolute atomic E-state index is 2.47. The average Bonchev–Trinajstić information content (AvgIpc) is 2.84. The van der Waals surface area contributed by atoms with Crippen molar-refractivity contribution in [1.29, 1.82) is 0 Å². The van der Waals surface area contributed by atoms with Crippen LogP contribution in [-0.4, -0.2) is 51.1 Å². The van der Waals surface area contributed by atoms with Crippen molar-refractivity contribution >= 4 is 0 Å². The monoisotopic (exact) mass is 364 g/mol. The van der Waals surface area contributed by atoms with Crippen LogP contribution in [0.5, 0.6) is 0 Å². The first kappa shape index (κ1) is 20.1. The van der Waals surface area contributed by atoms with Crippen LogP contribution in [0.15, 0.2) is 36.4 Å². The summed E-state index contributed by atoms with van der Waals surface area (Å²) in [6.45, 7) is 6.77. The summed E-state index contributed by atoms with van der Waals surface area (Å²) in [6.07, 6.45) is 4.92. The van der Waals surface area contributed by atoms with E-state index in [9.17, 15) is 0 Å². The summed E-state index contributed by atoms with van der Waals surface area (Å²) >= 11 is 0. The number of hydrogen-bond donors (Lipinski definition) is 0. The van der Waals surface area contributed by atoms with E-state index in [4.69, 9.17) is 0 Å². The second-order valence-corrected chi connectivity index (χ2v) is 8.99. The van der Waals surface area contributed by atoms with Gasteiger partial charge in [-0.05, 0) is 103 Å². The lowest BCUT2D eigenvalue weighted by atomic mass is 9.70. The maximum atomic E-state index is 2.47. The summed E-state index contributed by atoms with van der Waals surface area (Å²) in [7, 11) is 8.74. The van der Waals surface area contributed by atoms with Crippen molar-refractivity contribution in [3.63, 3.8) is 0 Å². The molecular weight excluding hydrogens is 328 g/mol. The Bertz CT molecular complexity index is 721. The first-order valence-corrected chi connectivity index (χ1v) is 10.4. The third kappa shape index (κ3) is 4.12. The molecule has 0 aliphatic heterocycles. The van der Waals surface area contributed by atoms with Crippen LogP contribution in [0.2, 0.25) is 0 Å². The average molecular weight is 365 g/mol. The Morgan fingerprint density at radius 1 is 0.667 bits per heavy atom. The van der Waals surface area contributed by atoms with E-state index >= 15 is 0 Å². The Balaban J connectivity index is 2.08. The molecule has 0 radical (unpaired) electrons. The van der Waals surface area contributed by atoms with Crippen LogP contribution in [0.3, 0.4) is 0 Å². The number of benzene rings is 2. The number of hydrogen-bond acceptors (Lipinski definition) is 2. The highest BCUT2D eigenvalue weighted by molar-refractivity contribution is 5.81. The van der Waals surface area contributed by atoms with Gasteiger partial charge >= 0.3 is 0 Å². The molecule has 2 aromatic carbocycles. The topological polar surface area (TPSA) is 6.48 Å². The molecule has 0 fully saturated rings. The molecule has 0 saturated carbocycles. The molecule has 146 valence electrons. The van der Waals surface area contributed by atoms with Gasteiger partial charge in [-0.2, -0.15) is 0 Å². The lowest BCUT2D eigenvalue weighted by molar-refractivity contribution is 0.328. The van der Waals surface area contributed by atoms with Gasteiger partial charge in [0.2, 0.25) is 0 Å². The minimum absolute atomic E-state index is 0.161. The van der Waals surface area contributed by atoms with Gasteiger partial charge in [0.1, 0.15) is 0 Å². The minimum Gasteiger partial charge on any atom is -0.309 e. The quantitative estimate of drug-likeness (QED) is 0.631.